The van der Waals surface area contributed by atoms with E-state index in [9.17, 15) is 36.3 Å². The van der Waals surface area contributed by atoms with Crippen LogP contribution in [0.2, 0.25) is 5.02 Å². The molecule has 0 saturated carbocycles. The quantitative estimate of drug-likeness (QED) is 0.405. The molecule has 3 aromatic rings. The second-order valence-electron chi connectivity index (χ2n) is 8.97. The summed E-state index contributed by atoms with van der Waals surface area (Å²) in [5.41, 5.74) is -1.94. The summed E-state index contributed by atoms with van der Waals surface area (Å²) in [4.78, 5) is 38.7. The Balaban J connectivity index is 1.60. The summed E-state index contributed by atoms with van der Waals surface area (Å²) in [6.07, 6.45) is -4.91. The van der Waals surface area contributed by atoms with Crippen molar-refractivity contribution in [1.29, 1.82) is 0 Å². The van der Waals surface area contributed by atoms with Gasteiger partial charge in [-0.3, -0.25) is 14.4 Å². The molecule has 0 radical (unpaired) electrons. The molecule has 0 aliphatic carbocycles. The third kappa shape index (κ3) is 5.32. The largest absolute Gasteiger partial charge is 0.416 e. The van der Waals surface area contributed by atoms with E-state index >= 15 is 0 Å². The number of nitrogens with zero attached hydrogens (tertiary/aromatic N) is 1. The number of rotatable bonds is 5. The number of alkyl halides is 3. The molecule has 5 rings (SSSR count). The number of hydrogen-bond acceptors (Lipinski definition) is 4. The van der Waals surface area contributed by atoms with Gasteiger partial charge in [0, 0.05) is 16.1 Å². The van der Waals surface area contributed by atoms with Gasteiger partial charge in [-0.2, -0.15) is 13.2 Å². The normalized spacial score (nSPS) is 17.2. The lowest BCUT2D eigenvalue weighted by molar-refractivity contribution is -0.137. The number of nitrogens with one attached hydrogen (secondary N) is 3. The average molecular weight is 569 g/mol. The van der Waals surface area contributed by atoms with E-state index in [0.29, 0.717) is 12.1 Å². The Labute approximate surface area is 222 Å². The zero-order valence-electron chi connectivity index (χ0n) is 19.7. The maximum atomic E-state index is 14.2. The third-order valence-corrected chi connectivity index (χ3v) is 6.57. The first-order valence-electron chi connectivity index (χ1n) is 11.5. The number of halogens is 6. The van der Waals surface area contributed by atoms with Gasteiger partial charge in [-0.05, 0) is 42.5 Å². The Hall–Kier alpha value is -3.97. The first kappa shape index (κ1) is 26.6. The van der Waals surface area contributed by atoms with Crippen LogP contribution >= 0.6 is 11.6 Å². The molecule has 2 aliphatic rings. The maximum absolute atomic E-state index is 14.2. The third-order valence-electron chi connectivity index (χ3n) is 6.23. The standard InChI is InChI=1S/C25H18ClF5N4O4/c26-17-2-1-13(27)6-16(17)21-22-18(33-23(37)11-3-12(25(29,30)31)5-14(28)4-11)7-19(35(22)8-20(36)34-21)24(38)32-15-9-39-10-15/h1-7,15,21H,8-10H2,(H,32,38)(H,33,37)(H,34,36). The number of ether oxygens (including phenoxy) is 1. The Kier molecular flexibility index (Phi) is 6.81. The second kappa shape index (κ2) is 9.97. The molecule has 3 heterocycles. The molecule has 8 nitrogen and oxygen atoms in total. The summed E-state index contributed by atoms with van der Waals surface area (Å²) in [6, 6.07) is 4.56. The van der Waals surface area contributed by atoms with Gasteiger partial charge in [0.2, 0.25) is 5.91 Å². The van der Waals surface area contributed by atoms with E-state index in [-0.39, 0.29) is 59.5 Å². The number of anilines is 1. The van der Waals surface area contributed by atoms with Gasteiger partial charge < -0.3 is 25.3 Å². The van der Waals surface area contributed by atoms with Crippen LogP contribution in [0.25, 0.3) is 0 Å². The van der Waals surface area contributed by atoms with Crippen molar-refractivity contribution >= 4 is 35.0 Å². The number of carbonyl (C=O) groups is 3. The zero-order chi connectivity index (χ0) is 28.1. The Morgan fingerprint density at radius 2 is 1.77 bits per heavy atom. The van der Waals surface area contributed by atoms with Gasteiger partial charge in [0.05, 0.1) is 42.2 Å². The molecule has 2 aromatic carbocycles. The molecule has 1 saturated heterocycles. The summed E-state index contributed by atoms with van der Waals surface area (Å²) < 4.78 is 74.1. The van der Waals surface area contributed by atoms with Crippen LogP contribution in [0.15, 0.2) is 42.5 Å². The van der Waals surface area contributed by atoms with Crippen molar-refractivity contribution in [2.45, 2.75) is 24.8 Å². The Morgan fingerprint density at radius 3 is 2.44 bits per heavy atom. The van der Waals surface area contributed by atoms with Crippen LogP contribution in [0.1, 0.15) is 43.7 Å². The number of aromatic nitrogens is 1. The predicted molar refractivity (Wildman–Crippen MR) is 127 cm³/mol. The molecule has 0 bridgehead atoms. The maximum Gasteiger partial charge on any atom is 0.416 e. The van der Waals surface area contributed by atoms with Crippen LogP contribution in [-0.2, 0) is 22.3 Å². The van der Waals surface area contributed by atoms with Crippen molar-refractivity contribution in [3.05, 3.63) is 87.2 Å². The zero-order valence-corrected chi connectivity index (χ0v) is 20.4. The van der Waals surface area contributed by atoms with E-state index in [0.717, 1.165) is 12.1 Å². The molecular weight excluding hydrogens is 551 g/mol. The predicted octanol–water partition coefficient (Wildman–Crippen LogP) is 4.04. The number of benzene rings is 2. The minimum atomic E-state index is -4.91. The van der Waals surface area contributed by atoms with Gasteiger partial charge in [-0.25, -0.2) is 8.78 Å². The lowest BCUT2D eigenvalue weighted by atomic mass is 10.0. The molecular formula is C25H18ClF5N4O4. The summed E-state index contributed by atoms with van der Waals surface area (Å²) >= 11 is 6.28. The van der Waals surface area contributed by atoms with Crippen LogP contribution < -0.4 is 16.0 Å². The SMILES string of the molecule is O=C1Cn2c(C(=O)NC3COC3)cc(NC(=O)c3cc(F)cc(C(F)(F)F)c3)c2C(c2cc(F)ccc2Cl)N1. The minimum Gasteiger partial charge on any atom is -0.377 e. The van der Waals surface area contributed by atoms with Crippen molar-refractivity contribution in [3.8, 4) is 0 Å². The molecule has 39 heavy (non-hydrogen) atoms. The van der Waals surface area contributed by atoms with Crippen LogP contribution in [0.4, 0.5) is 27.6 Å². The van der Waals surface area contributed by atoms with E-state index < -0.39 is 52.7 Å². The average Bonchev–Trinajstić information content (AvgIpc) is 3.19. The van der Waals surface area contributed by atoms with E-state index in [4.69, 9.17) is 16.3 Å². The smallest absolute Gasteiger partial charge is 0.377 e. The topological polar surface area (TPSA) is 101 Å². The molecule has 0 spiro atoms. The molecule has 14 heteroatoms. The van der Waals surface area contributed by atoms with Crippen molar-refractivity contribution in [3.63, 3.8) is 0 Å². The molecule has 3 amide bonds. The highest BCUT2D eigenvalue weighted by Crippen LogP contribution is 2.38. The van der Waals surface area contributed by atoms with Crippen molar-refractivity contribution in [2.75, 3.05) is 18.5 Å². The number of hydrogen-bond donors (Lipinski definition) is 3. The number of fused-ring (bicyclic) bond motifs is 1. The second-order valence-corrected chi connectivity index (χ2v) is 9.38. The molecule has 2 aliphatic heterocycles. The van der Waals surface area contributed by atoms with Crippen molar-refractivity contribution in [2.24, 2.45) is 0 Å². The summed E-state index contributed by atoms with van der Waals surface area (Å²) in [7, 11) is 0. The van der Waals surface area contributed by atoms with E-state index in [1.54, 1.807) is 0 Å². The lowest BCUT2D eigenvalue weighted by Gasteiger charge is -2.30. The van der Waals surface area contributed by atoms with E-state index in [1.807, 2.05) is 0 Å². The highest BCUT2D eigenvalue weighted by molar-refractivity contribution is 6.31. The fraction of sp³-hybridized carbons (Fsp3) is 0.240. The highest BCUT2D eigenvalue weighted by Gasteiger charge is 2.36. The van der Waals surface area contributed by atoms with Crippen molar-refractivity contribution < 1.29 is 41.1 Å². The summed E-state index contributed by atoms with van der Waals surface area (Å²) in [6.45, 7) is 0.175. The molecule has 204 valence electrons. The first-order chi connectivity index (χ1) is 18.4. The molecule has 1 fully saturated rings. The molecule has 3 N–H and O–H groups in total. The fourth-order valence-corrected chi connectivity index (χ4v) is 4.60. The van der Waals surface area contributed by atoms with Crippen LogP contribution in [0, 0.1) is 11.6 Å². The van der Waals surface area contributed by atoms with Gasteiger partial charge in [0.1, 0.15) is 23.9 Å². The molecule has 1 atom stereocenters. The first-order valence-corrected chi connectivity index (χ1v) is 11.8. The van der Waals surface area contributed by atoms with Crippen LogP contribution in [0.5, 0.6) is 0 Å². The van der Waals surface area contributed by atoms with E-state index in [2.05, 4.69) is 16.0 Å². The van der Waals surface area contributed by atoms with Gasteiger partial charge in [-0.1, -0.05) is 11.6 Å². The monoisotopic (exact) mass is 568 g/mol. The van der Waals surface area contributed by atoms with Crippen LogP contribution in [-0.4, -0.2) is 41.5 Å². The number of carbonyl (C=O) groups excluding carboxylic acids is 3. The van der Waals surface area contributed by atoms with Crippen molar-refractivity contribution in [1.82, 2.24) is 15.2 Å². The molecule has 1 unspecified atom stereocenters. The molecule has 1 aromatic heterocycles. The van der Waals surface area contributed by atoms with Gasteiger partial charge in [-0.15, -0.1) is 0 Å². The minimum absolute atomic E-state index is 0.0604. The summed E-state index contributed by atoms with van der Waals surface area (Å²) in [5, 5.41) is 7.83. The van der Waals surface area contributed by atoms with Crippen LogP contribution in [0.3, 0.4) is 0 Å². The Morgan fingerprint density at radius 1 is 1.03 bits per heavy atom. The number of amides is 3. The van der Waals surface area contributed by atoms with Gasteiger partial charge in [0.25, 0.3) is 11.8 Å². The highest BCUT2D eigenvalue weighted by atomic mass is 35.5. The van der Waals surface area contributed by atoms with Gasteiger partial charge in [0.15, 0.2) is 0 Å². The van der Waals surface area contributed by atoms with Gasteiger partial charge >= 0.3 is 6.18 Å². The van der Waals surface area contributed by atoms with E-state index in [1.165, 1.54) is 16.7 Å². The summed E-state index contributed by atoms with van der Waals surface area (Å²) in [5.74, 6) is -4.25. The fourth-order valence-electron chi connectivity index (χ4n) is 4.37. The Bertz CT molecular complexity index is 1500. The lowest BCUT2D eigenvalue weighted by Crippen LogP contribution is -2.49.